The number of nitrogens with two attached hydrogens (primary N) is 1. The van der Waals surface area contributed by atoms with Crippen molar-refractivity contribution in [3.8, 4) is 22.8 Å². The number of aromatic nitrogens is 1. The third kappa shape index (κ3) is 6.81. The molecule has 3 heterocycles. The van der Waals surface area contributed by atoms with E-state index in [0.29, 0.717) is 0 Å². The summed E-state index contributed by atoms with van der Waals surface area (Å²) in [6, 6.07) is 1.45. The average molecular weight is 648 g/mol. The molecule has 2 unspecified atom stereocenters. The number of nitrogen functional groups attached to an aromatic ring is 1. The summed E-state index contributed by atoms with van der Waals surface area (Å²) < 4.78 is 15.3. The number of amides is 3. The number of hydrogen-bond donors (Lipinski definition) is 4. The van der Waals surface area contributed by atoms with Crippen LogP contribution in [0, 0.1) is 0 Å². The van der Waals surface area contributed by atoms with Crippen molar-refractivity contribution < 1.29 is 52.9 Å². The van der Waals surface area contributed by atoms with Crippen LogP contribution in [0.25, 0.3) is 11.3 Å². The molecule has 1 aromatic carbocycles. The van der Waals surface area contributed by atoms with E-state index in [0.717, 1.165) is 30.1 Å². The molecule has 1 saturated heterocycles. The number of aliphatic carboxylic acids is 1. The van der Waals surface area contributed by atoms with E-state index in [2.05, 4.69) is 15.6 Å². The first-order chi connectivity index (χ1) is 20.8. The quantitative estimate of drug-likeness (QED) is 0.154. The SMILES string of the molecule is CC(=O)OCC1=C(C(=O)O)N2C(=O)C(NC(=O)CNC(=O)c3ccc(OC(C)=O)c(OC(C)=O)c3-c3csc(N)n3)C2SC1. The van der Waals surface area contributed by atoms with Gasteiger partial charge in [-0.2, -0.15) is 0 Å². The summed E-state index contributed by atoms with van der Waals surface area (Å²) in [6.45, 7) is 2.53. The smallest absolute Gasteiger partial charge is 0.352 e. The van der Waals surface area contributed by atoms with Gasteiger partial charge in [0.15, 0.2) is 16.6 Å². The molecule has 2 aliphatic heterocycles. The van der Waals surface area contributed by atoms with Crippen molar-refractivity contribution in [1.29, 1.82) is 0 Å². The Balaban J connectivity index is 1.50. The number of thioether (sulfide) groups is 1. The largest absolute Gasteiger partial charge is 0.477 e. The molecule has 0 aliphatic carbocycles. The normalized spacial score (nSPS) is 17.2. The van der Waals surface area contributed by atoms with Crippen LogP contribution >= 0.6 is 23.1 Å². The van der Waals surface area contributed by atoms with Gasteiger partial charge >= 0.3 is 23.9 Å². The van der Waals surface area contributed by atoms with E-state index in [-0.39, 0.29) is 57.1 Å². The molecule has 5 N–H and O–H groups in total. The third-order valence-electron chi connectivity index (χ3n) is 6.07. The van der Waals surface area contributed by atoms with E-state index < -0.39 is 59.6 Å². The fourth-order valence-corrected chi connectivity index (χ4v) is 6.23. The zero-order valence-electron chi connectivity index (χ0n) is 23.3. The maximum Gasteiger partial charge on any atom is 0.352 e. The van der Waals surface area contributed by atoms with Crippen molar-refractivity contribution in [1.82, 2.24) is 20.5 Å². The number of ether oxygens (including phenoxy) is 3. The predicted octanol–water partition coefficient (Wildman–Crippen LogP) is 0.274. The van der Waals surface area contributed by atoms with Gasteiger partial charge in [-0.25, -0.2) is 9.78 Å². The number of carboxylic acids is 1. The first-order valence-electron chi connectivity index (χ1n) is 12.6. The summed E-state index contributed by atoms with van der Waals surface area (Å²) in [4.78, 5) is 90.6. The van der Waals surface area contributed by atoms with Crippen molar-refractivity contribution >= 4 is 69.8 Å². The second-order valence-corrected chi connectivity index (χ2v) is 11.2. The van der Waals surface area contributed by atoms with Crippen molar-refractivity contribution in [2.75, 3.05) is 24.6 Å². The maximum absolute atomic E-state index is 13.3. The Morgan fingerprint density at radius 3 is 2.39 bits per heavy atom. The molecule has 1 aromatic heterocycles. The fraction of sp³-hybridized carbons (Fsp3) is 0.308. The zero-order valence-corrected chi connectivity index (χ0v) is 25.0. The number of carbonyl (C=O) groups excluding carboxylic acids is 6. The Kier molecular flexibility index (Phi) is 9.53. The highest BCUT2D eigenvalue weighted by molar-refractivity contribution is 8.00. The monoisotopic (exact) mass is 647 g/mol. The standard InChI is InChI=1S/C26H25N5O11S2/c1-10(32)40-7-13-8-43-24-19(23(37)31(24)20(13)25(38)39)30-17(35)6-28-22(36)14-4-5-16(41-11(2)33)21(42-12(3)34)18(14)15-9-44-26(27)29-15/h4-5,9,19,24H,6-8H2,1-3H3,(H2,27,29)(H,28,36)(H,30,35)(H,38,39). The van der Waals surface area contributed by atoms with E-state index in [9.17, 15) is 38.7 Å². The minimum atomic E-state index is -1.38. The topological polar surface area (TPSA) is 234 Å². The van der Waals surface area contributed by atoms with Gasteiger partial charge in [-0.05, 0) is 12.1 Å². The molecule has 16 nitrogen and oxygen atoms in total. The Morgan fingerprint density at radius 1 is 1.09 bits per heavy atom. The fourth-order valence-electron chi connectivity index (χ4n) is 4.35. The lowest BCUT2D eigenvalue weighted by molar-refractivity contribution is -0.150. The van der Waals surface area contributed by atoms with E-state index in [1.807, 2.05) is 0 Å². The van der Waals surface area contributed by atoms with Crippen LogP contribution in [0.1, 0.15) is 31.1 Å². The van der Waals surface area contributed by atoms with Crippen LogP contribution in [-0.2, 0) is 33.5 Å². The molecule has 2 atom stereocenters. The molecule has 232 valence electrons. The highest BCUT2D eigenvalue weighted by Crippen LogP contribution is 2.42. The van der Waals surface area contributed by atoms with Crippen LogP contribution in [0.3, 0.4) is 0 Å². The predicted molar refractivity (Wildman–Crippen MR) is 153 cm³/mol. The van der Waals surface area contributed by atoms with Crippen molar-refractivity contribution in [3.63, 3.8) is 0 Å². The lowest BCUT2D eigenvalue weighted by Gasteiger charge is -2.49. The molecule has 0 saturated carbocycles. The van der Waals surface area contributed by atoms with Gasteiger partial charge in [0, 0.05) is 37.5 Å². The van der Waals surface area contributed by atoms with Crippen molar-refractivity contribution in [2.45, 2.75) is 32.2 Å². The minimum absolute atomic E-state index is 0.0224. The molecular formula is C26H25N5O11S2. The van der Waals surface area contributed by atoms with Crippen molar-refractivity contribution in [3.05, 3.63) is 34.3 Å². The number of benzene rings is 1. The van der Waals surface area contributed by atoms with Crippen LogP contribution < -0.4 is 25.8 Å². The number of esters is 3. The minimum Gasteiger partial charge on any atom is -0.477 e. The molecule has 18 heteroatoms. The maximum atomic E-state index is 13.3. The number of anilines is 1. The first-order valence-corrected chi connectivity index (χ1v) is 14.6. The summed E-state index contributed by atoms with van der Waals surface area (Å²) in [5, 5.41) is 15.5. The van der Waals surface area contributed by atoms with Gasteiger partial charge in [-0.15, -0.1) is 23.1 Å². The number of fused-ring (bicyclic) bond motifs is 1. The number of nitrogens with zero attached hydrogens (tertiary/aromatic N) is 2. The van der Waals surface area contributed by atoms with Gasteiger partial charge in [-0.1, -0.05) is 0 Å². The van der Waals surface area contributed by atoms with Gasteiger partial charge in [-0.3, -0.25) is 33.7 Å². The molecular weight excluding hydrogens is 622 g/mol. The summed E-state index contributed by atoms with van der Waals surface area (Å²) in [5.74, 6) is -6.01. The third-order valence-corrected chi connectivity index (χ3v) is 8.08. The Bertz CT molecular complexity index is 1620. The van der Waals surface area contributed by atoms with E-state index in [1.165, 1.54) is 36.2 Å². The molecule has 0 spiro atoms. The number of carboxylic acid groups (broad SMARTS) is 1. The molecule has 0 bridgehead atoms. The van der Waals surface area contributed by atoms with E-state index >= 15 is 0 Å². The highest BCUT2D eigenvalue weighted by Gasteiger charge is 2.54. The van der Waals surface area contributed by atoms with Crippen LogP contribution in [-0.4, -0.2) is 86.9 Å². The van der Waals surface area contributed by atoms with Gasteiger partial charge < -0.3 is 35.7 Å². The molecule has 4 rings (SSSR count). The molecule has 44 heavy (non-hydrogen) atoms. The second-order valence-electron chi connectivity index (χ2n) is 9.25. The number of nitrogens with one attached hydrogen (secondary N) is 2. The van der Waals surface area contributed by atoms with Crippen LogP contribution in [0.15, 0.2) is 28.8 Å². The van der Waals surface area contributed by atoms with Gasteiger partial charge in [0.2, 0.25) is 5.91 Å². The number of carbonyl (C=O) groups is 7. The average Bonchev–Trinajstić information content (AvgIpc) is 3.38. The lowest BCUT2D eigenvalue weighted by atomic mass is 10.0. The zero-order chi connectivity index (χ0) is 32.3. The Hall–Kier alpha value is -4.97. The molecule has 2 aliphatic rings. The van der Waals surface area contributed by atoms with Crippen molar-refractivity contribution in [2.24, 2.45) is 0 Å². The number of thiazole rings is 1. The second kappa shape index (κ2) is 13.1. The summed E-state index contributed by atoms with van der Waals surface area (Å²) in [5.41, 5.74) is 5.71. The van der Waals surface area contributed by atoms with E-state index in [4.69, 9.17) is 19.9 Å². The van der Waals surface area contributed by atoms with Crippen LogP contribution in [0.2, 0.25) is 0 Å². The number of hydrogen-bond acceptors (Lipinski definition) is 14. The van der Waals surface area contributed by atoms with Gasteiger partial charge in [0.1, 0.15) is 23.7 Å². The van der Waals surface area contributed by atoms with Gasteiger partial charge in [0.05, 0.1) is 23.4 Å². The summed E-state index contributed by atoms with van der Waals surface area (Å²) >= 11 is 2.22. The summed E-state index contributed by atoms with van der Waals surface area (Å²) in [7, 11) is 0. The molecule has 3 amide bonds. The summed E-state index contributed by atoms with van der Waals surface area (Å²) in [6.07, 6.45) is 0. The van der Waals surface area contributed by atoms with Crippen LogP contribution in [0.4, 0.5) is 5.13 Å². The van der Waals surface area contributed by atoms with Crippen LogP contribution in [0.5, 0.6) is 11.5 Å². The van der Waals surface area contributed by atoms with E-state index in [1.54, 1.807) is 0 Å². The lowest BCUT2D eigenvalue weighted by Crippen LogP contribution is -2.71. The number of β-lactam (4-membered cyclic amide) rings is 1. The Labute approximate surface area is 256 Å². The number of rotatable bonds is 10. The molecule has 2 aromatic rings. The first kappa shape index (κ1) is 32.0. The van der Waals surface area contributed by atoms with Gasteiger partial charge in [0.25, 0.3) is 11.8 Å². The molecule has 1 fully saturated rings. The molecule has 0 radical (unpaired) electrons. The Morgan fingerprint density at radius 2 is 1.80 bits per heavy atom. The highest BCUT2D eigenvalue weighted by atomic mass is 32.2.